The first-order valence-electron chi connectivity index (χ1n) is 12.6. The van der Waals surface area contributed by atoms with Gasteiger partial charge in [0.15, 0.2) is 17.5 Å². The number of rotatable bonds is 4. The van der Waals surface area contributed by atoms with Gasteiger partial charge in [-0.1, -0.05) is 103 Å². The maximum atomic E-state index is 13.5. The Morgan fingerprint density at radius 3 is 1.67 bits per heavy atom. The smallest absolute Gasteiger partial charge is 0.281 e. The van der Waals surface area contributed by atoms with E-state index in [2.05, 4.69) is 4.98 Å². The Labute approximate surface area is 224 Å². The van der Waals surface area contributed by atoms with Crippen LogP contribution in [-0.2, 0) is 0 Å². The van der Waals surface area contributed by atoms with Gasteiger partial charge in [-0.25, -0.2) is 15.0 Å². The van der Waals surface area contributed by atoms with Crippen molar-refractivity contribution in [3.8, 4) is 45.3 Å². The Hall–Kier alpha value is -5.49. The van der Waals surface area contributed by atoms with Crippen LogP contribution in [0.15, 0.2) is 132 Å². The van der Waals surface area contributed by atoms with Crippen molar-refractivity contribution in [1.82, 2.24) is 24.3 Å². The van der Waals surface area contributed by atoms with Crippen molar-refractivity contribution in [2.75, 3.05) is 0 Å². The van der Waals surface area contributed by atoms with Gasteiger partial charge in [0.05, 0.1) is 10.9 Å². The molecule has 7 aromatic rings. The molecule has 6 heteroatoms. The van der Waals surface area contributed by atoms with Crippen LogP contribution in [0.2, 0.25) is 0 Å². The molecule has 3 aromatic heterocycles. The van der Waals surface area contributed by atoms with Gasteiger partial charge in [-0.05, 0) is 29.3 Å². The van der Waals surface area contributed by atoms with E-state index in [0.29, 0.717) is 34.1 Å². The standard InChI is InChI=1S/C33H21N5O/c39-33-29-26(17-10-18-27(29)38-20-19-25(21-28(38)34-33)22-11-4-1-5-12-22)32-36-30(23-13-6-2-7-14-23)35-31(37-32)24-15-8-3-9-16-24/h1-21H. The Morgan fingerprint density at radius 1 is 0.487 bits per heavy atom. The Bertz CT molecular complexity index is 1960. The predicted molar refractivity (Wildman–Crippen MR) is 154 cm³/mol. The van der Waals surface area contributed by atoms with E-state index in [1.165, 1.54) is 0 Å². The molecule has 0 aliphatic rings. The first-order chi connectivity index (χ1) is 19.2. The SMILES string of the molecule is O=c1nc2cc(-c3ccccc3)ccn2c2cccc(-c3nc(-c4ccccc4)nc(-c4ccccc4)n3)c12. The summed E-state index contributed by atoms with van der Waals surface area (Å²) in [6, 6.07) is 39.3. The molecule has 7 rings (SSSR count). The van der Waals surface area contributed by atoms with Crippen LogP contribution in [0.5, 0.6) is 0 Å². The number of pyridine rings is 1. The third-order valence-electron chi connectivity index (χ3n) is 6.71. The molecular formula is C33H21N5O. The molecular weight excluding hydrogens is 482 g/mol. The van der Waals surface area contributed by atoms with E-state index in [0.717, 1.165) is 27.8 Å². The summed E-state index contributed by atoms with van der Waals surface area (Å²) in [5.74, 6) is 1.50. The third kappa shape index (κ3) is 4.14. The molecule has 0 spiro atoms. The maximum Gasteiger partial charge on any atom is 0.281 e. The lowest BCUT2D eigenvalue weighted by atomic mass is 10.1. The van der Waals surface area contributed by atoms with Crippen LogP contribution >= 0.6 is 0 Å². The van der Waals surface area contributed by atoms with Crippen molar-refractivity contribution in [3.63, 3.8) is 0 Å². The molecule has 6 nitrogen and oxygen atoms in total. The quantitative estimate of drug-likeness (QED) is 0.250. The van der Waals surface area contributed by atoms with Gasteiger partial charge in [-0.3, -0.25) is 4.79 Å². The van der Waals surface area contributed by atoms with Gasteiger partial charge in [-0.15, -0.1) is 0 Å². The van der Waals surface area contributed by atoms with Crippen LogP contribution in [-0.4, -0.2) is 24.3 Å². The van der Waals surface area contributed by atoms with Gasteiger partial charge >= 0.3 is 0 Å². The zero-order valence-electron chi connectivity index (χ0n) is 20.8. The number of fused-ring (bicyclic) bond motifs is 3. The Morgan fingerprint density at radius 2 is 1.05 bits per heavy atom. The summed E-state index contributed by atoms with van der Waals surface area (Å²) in [7, 11) is 0. The zero-order chi connectivity index (χ0) is 26.2. The molecule has 0 aliphatic heterocycles. The van der Waals surface area contributed by atoms with Crippen LogP contribution in [0.3, 0.4) is 0 Å². The molecule has 3 heterocycles. The summed E-state index contributed by atoms with van der Waals surface area (Å²) in [5, 5.41) is 0.465. The number of nitrogens with zero attached hydrogens (tertiary/aromatic N) is 5. The lowest BCUT2D eigenvalue weighted by Gasteiger charge is -2.12. The van der Waals surface area contributed by atoms with Gasteiger partial charge in [-0.2, -0.15) is 4.98 Å². The van der Waals surface area contributed by atoms with Crippen molar-refractivity contribution in [3.05, 3.63) is 138 Å². The van der Waals surface area contributed by atoms with E-state index < -0.39 is 0 Å². The van der Waals surface area contributed by atoms with Crippen molar-refractivity contribution < 1.29 is 0 Å². The largest absolute Gasteiger partial charge is 0.301 e. The minimum absolute atomic E-state index is 0.325. The minimum atomic E-state index is -0.325. The van der Waals surface area contributed by atoms with Crippen LogP contribution in [0.4, 0.5) is 0 Å². The third-order valence-corrected chi connectivity index (χ3v) is 6.71. The van der Waals surface area contributed by atoms with Crippen LogP contribution in [0.1, 0.15) is 0 Å². The van der Waals surface area contributed by atoms with Crippen molar-refractivity contribution >= 4 is 16.6 Å². The van der Waals surface area contributed by atoms with Gasteiger partial charge in [0.2, 0.25) is 0 Å². The van der Waals surface area contributed by atoms with E-state index in [9.17, 15) is 4.79 Å². The zero-order valence-corrected chi connectivity index (χ0v) is 20.8. The second kappa shape index (κ2) is 9.43. The average Bonchev–Trinajstić information content (AvgIpc) is 3.01. The maximum absolute atomic E-state index is 13.5. The number of benzene rings is 4. The highest BCUT2D eigenvalue weighted by Crippen LogP contribution is 2.29. The minimum Gasteiger partial charge on any atom is -0.301 e. The fourth-order valence-electron chi connectivity index (χ4n) is 4.83. The van der Waals surface area contributed by atoms with Gasteiger partial charge in [0.1, 0.15) is 5.65 Å². The number of hydrogen-bond acceptors (Lipinski definition) is 5. The van der Waals surface area contributed by atoms with Crippen molar-refractivity contribution in [2.24, 2.45) is 0 Å². The van der Waals surface area contributed by atoms with E-state index >= 15 is 0 Å². The molecule has 0 aliphatic carbocycles. The first kappa shape index (κ1) is 22.7. The normalized spacial score (nSPS) is 11.2. The molecule has 0 N–H and O–H groups in total. The highest BCUT2D eigenvalue weighted by atomic mass is 16.1. The monoisotopic (exact) mass is 503 g/mol. The lowest BCUT2D eigenvalue weighted by molar-refractivity contribution is 1.07. The highest BCUT2D eigenvalue weighted by Gasteiger charge is 2.17. The van der Waals surface area contributed by atoms with E-state index in [1.54, 1.807) is 0 Å². The average molecular weight is 504 g/mol. The van der Waals surface area contributed by atoms with E-state index in [1.807, 2.05) is 132 Å². The van der Waals surface area contributed by atoms with Crippen LogP contribution < -0.4 is 5.56 Å². The van der Waals surface area contributed by atoms with Gasteiger partial charge in [0, 0.05) is 22.9 Å². The Balaban J connectivity index is 1.46. The fraction of sp³-hybridized carbons (Fsp3) is 0. The van der Waals surface area contributed by atoms with Crippen molar-refractivity contribution in [1.29, 1.82) is 0 Å². The molecule has 0 saturated carbocycles. The molecule has 0 radical (unpaired) electrons. The van der Waals surface area contributed by atoms with E-state index in [4.69, 9.17) is 15.0 Å². The van der Waals surface area contributed by atoms with Crippen molar-refractivity contribution in [2.45, 2.75) is 0 Å². The molecule has 184 valence electrons. The second-order valence-corrected chi connectivity index (χ2v) is 9.16. The molecule has 0 fully saturated rings. The summed E-state index contributed by atoms with van der Waals surface area (Å²) in [6.45, 7) is 0. The molecule has 4 aromatic carbocycles. The molecule has 0 saturated heterocycles. The summed E-state index contributed by atoms with van der Waals surface area (Å²) < 4.78 is 1.93. The summed E-state index contributed by atoms with van der Waals surface area (Å²) in [4.78, 5) is 32.4. The first-order valence-corrected chi connectivity index (χ1v) is 12.6. The number of hydrogen-bond donors (Lipinski definition) is 0. The molecule has 0 bridgehead atoms. The van der Waals surface area contributed by atoms with Gasteiger partial charge in [0.25, 0.3) is 5.56 Å². The molecule has 0 atom stereocenters. The topological polar surface area (TPSA) is 73.0 Å². The van der Waals surface area contributed by atoms with Gasteiger partial charge < -0.3 is 4.40 Å². The number of aromatic nitrogens is 5. The predicted octanol–water partition coefficient (Wildman–Crippen LogP) is 6.70. The lowest BCUT2D eigenvalue weighted by Crippen LogP contribution is -2.12. The molecule has 39 heavy (non-hydrogen) atoms. The fourth-order valence-corrected chi connectivity index (χ4v) is 4.83. The highest BCUT2D eigenvalue weighted by molar-refractivity contribution is 5.94. The molecule has 0 amide bonds. The Kier molecular flexibility index (Phi) is 5.49. The summed E-state index contributed by atoms with van der Waals surface area (Å²) >= 11 is 0. The van der Waals surface area contributed by atoms with Crippen LogP contribution in [0.25, 0.3) is 61.8 Å². The molecule has 0 unspecified atom stereocenters. The second-order valence-electron chi connectivity index (χ2n) is 9.16. The van der Waals surface area contributed by atoms with Crippen LogP contribution in [0, 0.1) is 0 Å². The summed E-state index contributed by atoms with van der Waals surface area (Å²) in [6.07, 6.45) is 1.95. The van der Waals surface area contributed by atoms with E-state index in [-0.39, 0.29) is 5.56 Å². The summed E-state index contributed by atoms with van der Waals surface area (Å²) in [5.41, 5.74) is 5.41.